The number of benzene rings is 1. The summed E-state index contributed by atoms with van der Waals surface area (Å²) in [5.41, 5.74) is 1.07. The topological polar surface area (TPSA) is 15.3 Å². The van der Waals surface area contributed by atoms with Gasteiger partial charge in [0.1, 0.15) is 12.5 Å². The molecule has 1 aromatic rings. The average Bonchev–Trinajstić information content (AvgIpc) is 2.40. The molecule has 0 amide bonds. The van der Waals surface area contributed by atoms with Crippen molar-refractivity contribution < 1.29 is 8.78 Å². The minimum atomic E-state index is -0.625. The number of hydrogen-bond acceptors (Lipinski definition) is 2. The Balaban J connectivity index is 0.00000180. The van der Waals surface area contributed by atoms with E-state index < -0.39 is 18.5 Å². The van der Waals surface area contributed by atoms with E-state index in [1.807, 2.05) is 4.90 Å². The molecule has 0 aromatic heterocycles. The molecule has 19 heavy (non-hydrogen) atoms. The molecule has 1 atom stereocenters. The van der Waals surface area contributed by atoms with Crippen LogP contribution in [0.2, 0.25) is 5.02 Å². The summed E-state index contributed by atoms with van der Waals surface area (Å²) >= 11 is 6.14. The van der Waals surface area contributed by atoms with E-state index in [4.69, 9.17) is 11.6 Å². The van der Waals surface area contributed by atoms with Gasteiger partial charge in [-0.15, -0.1) is 12.4 Å². The molecule has 2 nitrogen and oxygen atoms in total. The molecule has 1 saturated heterocycles. The van der Waals surface area contributed by atoms with Crippen LogP contribution in [0.4, 0.5) is 8.78 Å². The van der Waals surface area contributed by atoms with E-state index >= 15 is 0 Å². The van der Waals surface area contributed by atoms with Gasteiger partial charge >= 0.3 is 0 Å². The third-order valence-corrected chi connectivity index (χ3v) is 3.89. The lowest BCUT2D eigenvalue weighted by atomic mass is 10.0. The Labute approximate surface area is 123 Å². The summed E-state index contributed by atoms with van der Waals surface area (Å²) in [6.45, 7) is 4.18. The van der Waals surface area contributed by atoms with Gasteiger partial charge in [0.05, 0.1) is 11.1 Å². The van der Waals surface area contributed by atoms with Crippen LogP contribution in [0.25, 0.3) is 0 Å². The summed E-state index contributed by atoms with van der Waals surface area (Å²) in [6, 6.07) is 2.40. The second kappa shape index (κ2) is 7.39. The zero-order chi connectivity index (χ0) is 13.1. The van der Waals surface area contributed by atoms with Crippen molar-refractivity contribution in [3.05, 3.63) is 34.1 Å². The minimum absolute atomic E-state index is 0. The zero-order valence-corrected chi connectivity index (χ0v) is 12.3. The fourth-order valence-corrected chi connectivity index (χ4v) is 2.61. The van der Waals surface area contributed by atoms with Crippen molar-refractivity contribution >= 4 is 24.0 Å². The third kappa shape index (κ3) is 3.57. The van der Waals surface area contributed by atoms with Gasteiger partial charge in [0, 0.05) is 31.7 Å². The highest BCUT2D eigenvalue weighted by atomic mass is 35.5. The first-order chi connectivity index (χ1) is 8.65. The van der Waals surface area contributed by atoms with Crippen LogP contribution in [0.5, 0.6) is 0 Å². The Bertz CT molecular complexity index is 423. The number of rotatable bonds is 3. The SMILES string of the molecule is Cc1ccc(F)c([C@H](CF)N2CCNCC2)c1Cl.Cl. The lowest BCUT2D eigenvalue weighted by Gasteiger charge is -2.34. The molecule has 0 spiro atoms. The molecule has 0 bridgehead atoms. The van der Waals surface area contributed by atoms with Crippen molar-refractivity contribution in [3.8, 4) is 0 Å². The molecule has 1 N–H and O–H groups in total. The van der Waals surface area contributed by atoms with Crippen molar-refractivity contribution in [3.63, 3.8) is 0 Å². The van der Waals surface area contributed by atoms with Crippen LogP contribution < -0.4 is 5.32 Å². The predicted molar refractivity (Wildman–Crippen MR) is 76.6 cm³/mol. The van der Waals surface area contributed by atoms with Crippen molar-refractivity contribution in [2.24, 2.45) is 0 Å². The van der Waals surface area contributed by atoms with E-state index in [1.165, 1.54) is 6.07 Å². The Morgan fingerprint density at radius 1 is 1.37 bits per heavy atom. The molecule has 1 heterocycles. The monoisotopic (exact) mass is 310 g/mol. The van der Waals surface area contributed by atoms with E-state index in [0.29, 0.717) is 23.7 Å². The summed E-state index contributed by atoms with van der Waals surface area (Å²) in [6.07, 6.45) is 0. The van der Waals surface area contributed by atoms with Crippen LogP contribution in [0, 0.1) is 12.7 Å². The van der Waals surface area contributed by atoms with Crippen molar-refractivity contribution in [2.45, 2.75) is 13.0 Å². The van der Waals surface area contributed by atoms with Crippen molar-refractivity contribution in [1.82, 2.24) is 10.2 Å². The Morgan fingerprint density at radius 2 is 2.00 bits per heavy atom. The summed E-state index contributed by atoms with van der Waals surface area (Å²) in [4.78, 5) is 1.94. The summed E-state index contributed by atoms with van der Waals surface area (Å²) in [5.74, 6) is -0.424. The molecule has 0 radical (unpaired) electrons. The smallest absolute Gasteiger partial charge is 0.129 e. The van der Waals surface area contributed by atoms with Gasteiger partial charge in [0.15, 0.2) is 0 Å². The fraction of sp³-hybridized carbons (Fsp3) is 0.538. The van der Waals surface area contributed by atoms with Crippen molar-refractivity contribution in [1.29, 1.82) is 0 Å². The van der Waals surface area contributed by atoms with Crippen LogP contribution in [0.3, 0.4) is 0 Å². The first-order valence-electron chi connectivity index (χ1n) is 6.10. The van der Waals surface area contributed by atoms with Gasteiger partial charge in [0.25, 0.3) is 0 Å². The molecule has 1 fully saturated rings. The molecule has 2 rings (SSSR count). The number of aryl methyl sites for hydroxylation is 1. The van der Waals surface area contributed by atoms with Crippen LogP contribution in [0.15, 0.2) is 12.1 Å². The normalized spacial score (nSPS) is 17.9. The average molecular weight is 311 g/mol. The molecule has 0 unspecified atom stereocenters. The van der Waals surface area contributed by atoms with E-state index in [-0.39, 0.29) is 12.4 Å². The second-order valence-electron chi connectivity index (χ2n) is 4.55. The van der Waals surface area contributed by atoms with Gasteiger partial charge in [-0.3, -0.25) is 4.90 Å². The lowest BCUT2D eigenvalue weighted by Crippen LogP contribution is -2.46. The van der Waals surface area contributed by atoms with Gasteiger partial charge in [-0.25, -0.2) is 8.78 Å². The van der Waals surface area contributed by atoms with Crippen LogP contribution in [-0.2, 0) is 0 Å². The maximum Gasteiger partial charge on any atom is 0.129 e. The van der Waals surface area contributed by atoms with Crippen LogP contribution in [0.1, 0.15) is 17.2 Å². The summed E-state index contributed by atoms with van der Waals surface area (Å²) in [5, 5.41) is 3.54. The number of hydrogen-bond donors (Lipinski definition) is 1. The van der Waals surface area contributed by atoms with E-state index in [0.717, 1.165) is 18.7 Å². The Morgan fingerprint density at radius 3 is 2.58 bits per heavy atom. The molecule has 1 aliphatic rings. The second-order valence-corrected chi connectivity index (χ2v) is 4.93. The van der Waals surface area contributed by atoms with Crippen LogP contribution in [-0.4, -0.2) is 37.8 Å². The quantitative estimate of drug-likeness (QED) is 0.923. The Kier molecular flexibility index (Phi) is 6.47. The standard InChI is InChI=1S/C13H17ClF2N2.ClH/c1-9-2-3-10(16)12(13(9)14)11(8-15)18-6-4-17-5-7-18;/h2-3,11,17H,4-8H2,1H3;1H/t11-;/m0./s1. The van der Waals surface area contributed by atoms with Gasteiger partial charge in [-0.05, 0) is 18.6 Å². The molecular formula is C13H18Cl2F2N2. The number of halogens is 4. The van der Waals surface area contributed by atoms with E-state index in [1.54, 1.807) is 13.0 Å². The molecule has 6 heteroatoms. The van der Waals surface area contributed by atoms with E-state index in [2.05, 4.69) is 5.32 Å². The summed E-state index contributed by atoms with van der Waals surface area (Å²) in [7, 11) is 0. The first-order valence-corrected chi connectivity index (χ1v) is 6.48. The molecule has 108 valence electrons. The number of nitrogens with zero attached hydrogens (tertiary/aromatic N) is 1. The fourth-order valence-electron chi connectivity index (χ4n) is 2.33. The van der Waals surface area contributed by atoms with Gasteiger partial charge in [-0.2, -0.15) is 0 Å². The number of alkyl halides is 1. The first kappa shape index (κ1) is 16.6. The summed E-state index contributed by atoms with van der Waals surface area (Å²) < 4.78 is 27.3. The predicted octanol–water partition coefficient (Wildman–Crippen LogP) is 3.13. The lowest BCUT2D eigenvalue weighted by molar-refractivity contribution is 0.144. The molecule has 0 saturated carbocycles. The number of piperazine rings is 1. The highest BCUT2D eigenvalue weighted by molar-refractivity contribution is 6.32. The highest BCUT2D eigenvalue weighted by Crippen LogP contribution is 2.32. The minimum Gasteiger partial charge on any atom is -0.314 e. The largest absolute Gasteiger partial charge is 0.314 e. The molecule has 1 aliphatic heterocycles. The van der Waals surface area contributed by atoms with E-state index in [9.17, 15) is 8.78 Å². The van der Waals surface area contributed by atoms with Crippen LogP contribution >= 0.6 is 24.0 Å². The maximum atomic E-state index is 13.9. The maximum absolute atomic E-state index is 13.9. The molecular weight excluding hydrogens is 293 g/mol. The van der Waals surface area contributed by atoms with Crippen molar-refractivity contribution in [2.75, 3.05) is 32.9 Å². The Hall–Kier alpha value is -0.420. The zero-order valence-electron chi connectivity index (χ0n) is 10.8. The third-order valence-electron chi connectivity index (χ3n) is 3.39. The van der Waals surface area contributed by atoms with Gasteiger partial charge in [0.2, 0.25) is 0 Å². The number of nitrogens with one attached hydrogen (secondary N) is 1. The molecule has 1 aromatic carbocycles. The van der Waals surface area contributed by atoms with Gasteiger partial charge < -0.3 is 5.32 Å². The molecule has 0 aliphatic carbocycles. The van der Waals surface area contributed by atoms with Gasteiger partial charge in [-0.1, -0.05) is 17.7 Å². The highest BCUT2D eigenvalue weighted by Gasteiger charge is 2.27.